The molecule has 4 rings (SSSR count). The van der Waals surface area contributed by atoms with Gasteiger partial charge in [-0.25, -0.2) is 8.42 Å². The third kappa shape index (κ3) is 5.17. The van der Waals surface area contributed by atoms with Gasteiger partial charge in [0.1, 0.15) is 5.75 Å². The van der Waals surface area contributed by atoms with Crippen molar-refractivity contribution in [2.24, 2.45) is 0 Å². The molecule has 0 aliphatic carbocycles. The number of piperazine rings is 1. The molecule has 3 aromatic rings. The van der Waals surface area contributed by atoms with E-state index in [1.54, 1.807) is 24.3 Å². The second-order valence-electron chi connectivity index (χ2n) is 7.65. The molecule has 0 unspecified atom stereocenters. The largest absolute Gasteiger partial charge is 0.494 e. The number of ether oxygens (including phenoxy) is 1. The maximum absolute atomic E-state index is 12.7. The third-order valence-corrected chi connectivity index (χ3v) is 6.75. The van der Waals surface area contributed by atoms with Crippen molar-refractivity contribution < 1.29 is 13.2 Å². The zero-order valence-corrected chi connectivity index (χ0v) is 19.0. The fourth-order valence-corrected chi connectivity index (χ4v) is 4.55. The van der Waals surface area contributed by atoms with E-state index in [0.717, 1.165) is 43.3 Å². The van der Waals surface area contributed by atoms with Crippen LogP contribution in [0.4, 0.5) is 11.5 Å². The zero-order chi connectivity index (χ0) is 22.6. The molecule has 2 aromatic carbocycles. The average Bonchev–Trinajstić information content (AvgIpc) is 2.81. The van der Waals surface area contributed by atoms with E-state index in [-0.39, 0.29) is 4.90 Å². The molecule has 0 atom stereocenters. The van der Waals surface area contributed by atoms with E-state index in [2.05, 4.69) is 31.8 Å². The molecule has 168 valence electrons. The summed E-state index contributed by atoms with van der Waals surface area (Å²) in [4.78, 5) is 4.70. The first-order valence-electron chi connectivity index (χ1n) is 10.6. The molecule has 1 aliphatic heterocycles. The van der Waals surface area contributed by atoms with E-state index in [1.165, 1.54) is 12.1 Å². The lowest BCUT2D eigenvalue weighted by Gasteiger charge is -2.32. The Bertz CT molecular complexity index is 1130. The van der Waals surface area contributed by atoms with Gasteiger partial charge in [0.2, 0.25) is 0 Å². The van der Waals surface area contributed by atoms with Crippen LogP contribution in [0.3, 0.4) is 0 Å². The summed E-state index contributed by atoms with van der Waals surface area (Å²) in [7, 11) is -1.57. The molecule has 0 bridgehead atoms. The van der Waals surface area contributed by atoms with E-state index >= 15 is 0 Å². The molecule has 32 heavy (non-hydrogen) atoms. The lowest BCUT2D eigenvalue weighted by atomic mass is 10.1. The van der Waals surface area contributed by atoms with Crippen LogP contribution in [-0.2, 0) is 10.0 Å². The van der Waals surface area contributed by atoms with Crippen LogP contribution < -0.4 is 14.4 Å². The smallest absolute Gasteiger partial charge is 0.261 e. The fourth-order valence-electron chi connectivity index (χ4n) is 3.49. The Labute approximate surface area is 188 Å². The number of rotatable bonds is 7. The van der Waals surface area contributed by atoms with Crippen LogP contribution in [0.15, 0.2) is 65.6 Å². The predicted octanol–water partition coefficient (Wildman–Crippen LogP) is 3.09. The van der Waals surface area contributed by atoms with Gasteiger partial charge >= 0.3 is 0 Å². The van der Waals surface area contributed by atoms with Crippen molar-refractivity contribution in [3.63, 3.8) is 0 Å². The number of hydrogen-bond donors (Lipinski definition) is 1. The second-order valence-corrected chi connectivity index (χ2v) is 9.34. The fraction of sp³-hybridized carbons (Fsp3) is 0.304. The van der Waals surface area contributed by atoms with Gasteiger partial charge in [-0.2, -0.15) is 0 Å². The zero-order valence-electron chi connectivity index (χ0n) is 18.2. The summed E-state index contributed by atoms with van der Waals surface area (Å²) in [6, 6.07) is 17.4. The van der Waals surface area contributed by atoms with Crippen molar-refractivity contribution in [1.29, 1.82) is 0 Å². The highest BCUT2D eigenvalue weighted by Gasteiger charge is 2.16. The monoisotopic (exact) mass is 453 g/mol. The van der Waals surface area contributed by atoms with Crippen LogP contribution in [-0.4, -0.2) is 63.3 Å². The highest BCUT2D eigenvalue weighted by molar-refractivity contribution is 7.92. The SMILES string of the molecule is CCOc1ccc(S(=O)(=O)Nc2ccc(-c3ccc(N4CCN(C)CC4)nn3)cc2)cc1. The third-order valence-electron chi connectivity index (χ3n) is 5.36. The first-order chi connectivity index (χ1) is 15.4. The van der Waals surface area contributed by atoms with Gasteiger partial charge in [0.05, 0.1) is 17.2 Å². The summed E-state index contributed by atoms with van der Waals surface area (Å²) in [6.07, 6.45) is 0. The molecular weight excluding hydrogens is 426 g/mol. The minimum absolute atomic E-state index is 0.176. The summed E-state index contributed by atoms with van der Waals surface area (Å²) < 4.78 is 33.3. The van der Waals surface area contributed by atoms with Crippen LogP contribution in [0.1, 0.15) is 6.92 Å². The van der Waals surface area contributed by atoms with Crippen LogP contribution in [0, 0.1) is 0 Å². The minimum atomic E-state index is -3.69. The summed E-state index contributed by atoms with van der Waals surface area (Å²) in [5.41, 5.74) is 2.08. The van der Waals surface area contributed by atoms with E-state index in [1.807, 2.05) is 31.2 Å². The van der Waals surface area contributed by atoms with Crippen molar-refractivity contribution >= 4 is 21.5 Å². The molecule has 2 heterocycles. The number of aromatic nitrogens is 2. The van der Waals surface area contributed by atoms with E-state index in [0.29, 0.717) is 18.0 Å². The average molecular weight is 454 g/mol. The number of sulfonamides is 1. The van der Waals surface area contributed by atoms with Gasteiger partial charge in [-0.1, -0.05) is 12.1 Å². The normalized spacial score (nSPS) is 14.9. The first kappa shape index (κ1) is 22.0. The number of nitrogens with zero attached hydrogens (tertiary/aromatic N) is 4. The maximum Gasteiger partial charge on any atom is 0.261 e. The lowest BCUT2D eigenvalue weighted by molar-refractivity contribution is 0.312. The molecule has 1 saturated heterocycles. The standard InChI is InChI=1S/C23H27N5O3S/c1-3-31-20-8-10-21(11-9-20)32(29,30)26-19-6-4-18(5-7-19)22-12-13-23(25-24-22)28-16-14-27(2)15-17-28/h4-13,26H,3,14-17H2,1-2H3. The molecule has 0 saturated carbocycles. The molecular formula is C23H27N5O3S. The molecule has 1 N–H and O–H groups in total. The number of anilines is 2. The summed E-state index contributed by atoms with van der Waals surface area (Å²) in [6.45, 7) is 6.30. The van der Waals surface area contributed by atoms with Crippen molar-refractivity contribution in [2.75, 3.05) is 49.5 Å². The summed E-state index contributed by atoms with van der Waals surface area (Å²) in [5.74, 6) is 1.51. The van der Waals surface area contributed by atoms with Gasteiger partial charge in [-0.15, -0.1) is 10.2 Å². The summed E-state index contributed by atoms with van der Waals surface area (Å²) >= 11 is 0. The van der Waals surface area contributed by atoms with Gasteiger partial charge < -0.3 is 14.5 Å². The van der Waals surface area contributed by atoms with Crippen molar-refractivity contribution in [2.45, 2.75) is 11.8 Å². The topological polar surface area (TPSA) is 87.7 Å². The Morgan fingerprint density at radius 1 is 0.906 bits per heavy atom. The molecule has 8 nitrogen and oxygen atoms in total. The van der Waals surface area contributed by atoms with Crippen LogP contribution >= 0.6 is 0 Å². The van der Waals surface area contributed by atoms with Gasteiger partial charge in [0, 0.05) is 37.4 Å². The highest BCUT2D eigenvalue weighted by atomic mass is 32.2. The Hall–Kier alpha value is -3.17. The molecule has 0 amide bonds. The van der Waals surface area contributed by atoms with Gasteiger partial charge in [-0.05, 0) is 62.5 Å². The van der Waals surface area contributed by atoms with Crippen molar-refractivity contribution in [3.8, 4) is 17.0 Å². The molecule has 1 fully saturated rings. The second kappa shape index (κ2) is 9.54. The Kier molecular flexibility index (Phi) is 6.57. The Morgan fingerprint density at radius 2 is 1.59 bits per heavy atom. The van der Waals surface area contributed by atoms with Gasteiger partial charge in [-0.3, -0.25) is 4.72 Å². The quantitative estimate of drug-likeness (QED) is 0.588. The number of likely N-dealkylation sites (N-methyl/N-ethyl adjacent to an activating group) is 1. The minimum Gasteiger partial charge on any atom is -0.494 e. The van der Waals surface area contributed by atoms with Crippen LogP contribution in [0.25, 0.3) is 11.3 Å². The van der Waals surface area contributed by atoms with Crippen LogP contribution in [0.5, 0.6) is 5.75 Å². The van der Waals surface area contributed by atoms with Gasteiger partial charge in [0.25, 0.3) is 10.0 Å². The number of benzene rings is 2. The number of hydrogen-bond acceptors (Lipinski definition) is 7. The Balaban J connectivity index is 1.42. The maximum atomic E-state index is 12.7. The highest BCUT2D eigenvalue weighted by Crippen LogP contribution is 2.23. The van der Waals surface area contributed by atoms with Crippen LogP contribution in [0.2, 0.25) is 0 Å². The van der Waals surface area contributed by atoms with E-state index in [9.17, 15) is 8.42 Å². The molecule has 0 spiro atoms. The first-order valence-corrected chi connectivity index (χ1v) is 12.1. The molecule has 1 aliphatic rings. The molecule has 9 heteroatoms. The summed E-state index contributed by atoms with van der Waals surface area (Å²) in [5, 5.41) is 8.74. The van der Waals surface area contributed by atoms with E-state index in [4.69, 9.17) is 4.74 Å². The van der Waals surface area contributed by atoms with Crippen molar-refractivity contribution in [1.82, 2.24) is 15.1 Å². The van der Waals surface area contributed by atoms with Gasteiger partial charge in [0.15, 0.2) is 5.82 Å². The van der Waals surface area contributed by atoms with Crippen molar-refractivity contribution in [3.05, 3.63) is 60.7 Å². The molecule has 0 radical (unpaired) electrons. The lowest BCUT2D eigenvalue weighted by Crippen LogP contribution is -2.44. The Morgan fingerprint density at radius 3 is 2.19 bits per heavy atom. The van der Waals surface area contributed by atoms with E-state index < -0.39 is 10.0 Å². The molecule has 1 aromatic heterocycles. The number of nitrogens with one attached hydrogen (secondary N) is 1. The predicted molar refractivity (Wildman–Crippen MR) is 126 cm³/mol.